The highest BCUT2D eigenvalue weighted by molar-refractivity contribution is 5.83. The molecule has 23 heavy (non-hydrogen) atoms. The highest BCUT2D eigenvalue weighted by Gasteiger charge is 2.17. The van der Waals surface area contributed by atoms with Gasteiger partial charge in [0, 0.05) is 13.7 Å². The second-order valence-corrected chi connectivity index (χ2v) is 5.43. The molecule has 0 aliphatic heterocycles. The molecule has 0 aliphatic carbocycles. The minimum Gasteiger partial charge on any atom is -0.482 e. The molecule has 0 unspecified atom stereocenters. The van der Waals surface area contributed by atoms with Gasteiger partial charge in [-0.1, -0.05) is 26.0 Å². The standard InChI is InChI=1S/C17H25NO5/c1-12(2)14-5-7-15(8-6-14)22-11-16(19)23-13(3)17(20)18-9-10-21-4/h5-8,12-13H,9-11H2,1-4H3,(H,18,20)/t13-/m0/s1. The molecule has 1 N–H and O–H groups in total. The predicted molar refractivity (Wildman–Crippen MR) is 86.5 cm³/mol. The summed E-state index contributed by atoms with van der Waals surface area (Å²) in [6, 6.07) is 7.53. The number of nitrogens with one attached hydrogen (secondary N) is 1. The van der Waals surface area contributed by atoms with E-state index in [4.69, 9.17) is 14.2 Å². The van der Waals surface area contributed by atoms with Crippen molar-refractivity contribution in [2.45, 2.75) is 32.8 Å². The molecule has 6 nitrogen and oxygen atoms in total. The molecule has 0 saturated carbocycles. The van der Waals surface area contributed by atoms with Crippen LogP contribution in [0.5, 0.6) is 5.75 Å². The fourth-order valence-corrected chi connectivity index (χ4v) is 1.80. The van der Waals surface area contributed by atoms with Gasteiger partial charge in [-0.05, 0) is 30.5 Å². The van der Waals surface area contributed by atoms with Crippen LogP contribution in [0.1, 0.15) is 32.3 Å². The van der Waals surface area contributed by atoms with E-state index in [0.29, 0.717) is 24.8 Å². The van der Waals surface area contributed by atoms with Gasteiger partial charge in [0.1, 0.15) is 5.75 Å². The first kappa shape index (κ1) is 19.0. The number of carbonyl (C=O) groups excluding carboxylic acids is 2. The van der Waals surface area contributed by atoms with E-state index in [1.54, 1.807) is 7.11 Å². The van der Waals surface area contributed by atoms with Crippen LogP contribution >= 0.6 is 0 Å². The lowest BCUT2D eigenvalue weighted by Crippen LogP contribution is -2.38. The van der Waals surface area contributed by atoms with Crippen LogP contribution in [-0.4, -0.2) is 44.8 Å². The third-order valence-corrected chi connectivity index (χ3v) is 3.19. The van der Waals surface area contributed by atoms with Gasteiger partial charge in [-0.15, -0.1) is 0 Å². The largest absolute Gasteiger partial charge is 0.482 e. The number of ether oxygens (including phenoxy) is 3. The Hall–Kier alpha value is -2.08. The van der Waals surface area contributed by atoms with Gasteiger partial charge in [-0.25, -0.2) is 4.79 Å². The molecule has 0 fully saturated rings. The predicted octanol–water partition coefficient (Wildman–Crippen LogP) is 1.88. The Morgan fingerprint density at radius 3 is 2.35 bits per heavy atom. The Labute approximate surface area is 137 Å². The molecule has 1 aromatic carbocycles. The number of amides is 1. The molecular weight excluding hydrogens is 298 g/mol. The van der Waals surface area contributed by atoms with E-state index in [0.717, 1.165) is 0 Å². The summed E-state index contributed by atoms with van der Waals surface area (Å²) in [6.07, 6.45) is -0.869. The summed E-state index contributed by atoms with van der Waals surface area (Å²) in [5.74, 6) is 0.0686. The van der Waals surface area contributed by atoms with Crippen molar-refractivity contribution >= 4 is 11.9 Å². The van der Waals surface area contributed by atoms with Crippen LogP contribution in [0.2, 0.25) is 0 Å². The van der Waals surface area contributed by atoms with Gasteiger partial charge < -0.3 is 19.5 Å². The highest BCUT2D eigenvalue weighted by Crippen LogP contribution is 2.18. The summed E-state index contributed by atoms with van der Waals surface area (Å²) >= 11 is 0. The number of rotatable bonds is 9. The number of methoxy groups -OCH3 is 1. The van der Waals surface area contributed by atoms with Crippen LogP contribution in [0.3, 0.4) is 0 Å². The number of esters is 1. The van der Waals surface area contributed by atoms with Crippen molar-refractivity contribution in [3.05, 3.63) is 29.8 Å². The molecule has 0 spiro atoms. The SMILES string of the molecule is COCCNC(=O)[C@H](C)OC(=O)COc1ccc(C(C)C)cc1. The van der Waals surface area contributed by atoms with E-state index < -0.39 is 12.1 Å². The first-order valence-corrected chi connectivity index (χ1v) is 7.63. The van der Waals surface area contributed by atoms with E-state index in [1.807, 2.05) is 24.3 Å². The van der Waals surface area contributed by atoms with Crippen molar-refractivity contribution < 1.29 is 23.8 Å². The molecule has 1 rings (SSSR count). The maximum absolute atomic E-state index is 11.7. The van der Waals surface area contributed by atoms with Gasteiger partial charge >= 0.3 is 5.97 Å². The molecule has 6 heteroatoms. The van der Waals surface area contributed by atoms with Gasteiger partial charge in [0.05, 0.1) is 6.61 Å². The maximum atomic E-state index is 11.7. The Morgan fingerprint density at radius 2 is 1.78 bits per heavy atom. The quantitative estimate of drug-likeness (QED) is 0.555. The normalized spacial score (nSPS) is 11.9. The van der Waals surface area contributed by atoms with Crippen LogP contribution < -0.4 is 10.1 Å². The number of hydrogen-bond acceptors (Lipinski definition) is 5. The fraction of sp³-hybridized carbons (Fsp3) is 0.529. The van der Waals surface area contributed by atoms with Crippen LogP contribution in [0.4, 0.5) is 0 Å². The van der Waals surface area contributed by atoms with Gasteiger partial charge in [-0.2, -0.15) is 0 Å². The maximum Gasteiger partial charge on any atom is 0.344 e. The van der Waals surface area contributed by atoms with Gasteiger partial charge in [0.2, 0.25) is 0 Å². The van der Waals surface area contributed by atoms with Crippen molar-refractivity contribution in [3.63, 3.8) is 0 Å². The van der Waals surface area contributed by atoms with E-state index in [9.17, 15) is 9.59 Å². The lowest BCUT2D eigenvalue weighted by Gasteiger charge is -2.14. The van der Waals surface area contributed by atoms with Gasteiger partial charge in [-0.3, -0.25) is 4.79 Å². The fourth-order valence-electron chi connectivity index (χ4n) is 1.80. The molecule has 0 heterocycles. The van der Waals surface area contributed by atoms with Gasteiger partial charge in [0.25, 0.3) is 5.91 Å². The van der Waals surface area contributed by atoms with Crippen LogP contribution in [0.25, 0.3) is 0 Å². The van der Waals surface area contributed by atoms with Crippen molar-refractivity contribution in [2.75, 3.05) is 26.9 Å². The summed E-state index contributed by atoms with van der Waals surface area (Å²) in [7, 11) is 1.54. The Bertz CT molecular complexity index is 498. The third kappa shape index (κ3) is 7.15. The van der Waals surface area contributed by atoms with Crippen LogP contribution in [0, 0.1) is 0 Å². The molecule has 1 aromatic rings. The van der Waals surface area contributed by atoms with Crippen LogP contribution in [-0.2, 0) is 19.1 Å². The lowest BCUT2D eigenvalue weighted by atomic mass is 10.0. The van der Waals surface area contributed by atoms with E-state index in [2.05, 4.69) is 19.2 Å². The molecule has 128 valence electrons. The molecule has 0 bridgehead atoms. The molecular formula is C17H25NO5. The van der Waals surface area contributed by atoms with E-state index in [-0.39, 0.29) is 12.5 Å². The van der Waals surface area contributed by atoms with Crippen molar-refractivity contribution in [1.29, 1.82) is 0 Å². The van der Waals surface area contributed by atoms with Crippen LogP contribution in [0.15, 0.2) is 24.3 Å². The molecule has 0 radical (unpaired) electrons. The van der Waals surface area contributed by atoms with E-state index in [1.165, 1.54) is 12.5 Å². The topological polar surface area (TPSA) is 73.9 Å². The zero-order valence-electron chi connectivity index (χ0n) is 14.1. The monoisotopic (exact) mass is 323 g/mol. The minimum atomic E-state index is -0.869. The Kier molecular flexibility index (Phi) is 8.11. The van der Waals surface area contributed by atoms with Gasteiger partial charge in [0.15, 0.2) is 12.7 Å². The van der Waals surface area contributed by atoms with E-state index >= 15 is 0 Å². The smallest absolute Gasteiger partial charge is 0.344 e. The van der Waals surface area contributed by atoms with Crippen molar-refractivity contribution in [3.8, 4) is 5.75 Å². The average Bonchev–Trinajstić information content (AvgIpc) is 2.53. The summed E-state index contributed by atoms with van der Waals surface area (Å²) < 4.78 is 15.2. The molecule has 1 amide bonds. The molecule has 1 atom stereocenters. The first-order chi connectivity index (χ1) is 10.9. The highest BCUT2D eigenvalue weighted by atomic mass is 16.6. The second-order valence-electron chi connectivity index (χ2n) is 5.43. The summed E-state index contributed by atoms with van der Waals surface area (Å²) in [4.78, 5) is 23.3. The second kappa shape index (κ2) is 9.84. The summed E-state index contributed by atoms with van der Waals surface area (Å²) in [5, 5.41) is 2.60. The third-order valence-electron chi connectivity index (χ3n) is 3.19. The minimum absolute atomic E-state index is 0.239. The summed E-state index contributed by atoms with van der Waals surface area (Å²) in [6.45, 7) is 6.25. The zero-order chi connectivity index (χ0) is 17.2. The Morgan fingerprint density at radius 1 is 1.13 bits per heavy atom. The number of hydrogen-bond donors (Lipinski definition) is 1. The molecule has 0 aliphatic rings. The Balaban J connectivity index is 2.34. The number of benzene rings is 1. The number of carbonyl (C=O) groups is 2. The average molecular weight is 323 g/mol. The first-order valence-electron chi connectivity index (χ1n) is 7.63. The van der Waals surface area contributed by atoms with Crippen molar-refractivity contribution in [2.24, 2.45) is 0 Å². The molecule has 0 saturated heterocycles. The lowest BCUT2D eigenvalue weighted by molar-refractivity contribution is -0.156. The van der Waals surface area contributed by atoms with Crippen molar-refractivity contribution in [1.82, 2.24) is 5.32 Å². The zero-order valence-corrected chi connectivity index (χ0v) is 14.1. The summed E-state index contributed by atoms with van der Waals surface area (Å²) in [5.41, 5.74) is 1.20. The molecule has 0 aromatic heterocycles.